The lowest BCUT2D eigenvalue weighted by atomic mass is 10.1. The largest absolute Gasteiger partial charge is 0.342 e. The van der Waals surface area contributed by atoms with E-state index < -0.39 is 39.5 Å². The molecule has 2 aromatic carbocycles. The van der Waals surface area contributed by atoms with Gasteiger partial charge in [-0.05, 0) is 50.9 Å². The molecule has 3 rings (SSSR count). The van der Waals surface area contributed by atoms with Crippen molar-refractivity contribution in [1.29, 1.82) is 0 Å². The Morgan fingerprint density at radius 1 is 1.09 bits per heavy atom. The predicted octanol–water partition coefficient (Wildman–Crippen LogP) is 2.34. The van der Waals surface area contributed by atoms with E-state index in [-0.39, 0.29) is 17.3 Å². The van der Waals surface area contributed by atoms with Gasteiger partial charge in [0.15, 0.2) is 9.84 Å². The molecule has 0 aliphatic carbocycles. The van der Waals surface area contributed by atoms with Crippen molar-refractivity contribution in [1.82, 2.24) is 10.6 Å². The molecule has 174 valence electrons. The first-order chi connectivity index (χ1) is 14.8. The number of nitrogens with zero attached hydrogens (tertiary/aromatic N) is 1. The Morgan fingerprint density at radius 3 is 2.44 bits per heavy atom. The summed E-state index contributed by atoms with van der Waals surface area (Å²) < 4.78 is 26.0. The van der Waals surface area contributed by atoms with Crippen molar-refractivity contribution in [3.8, 4) is 0 Å². The van der Waals surface area contributed by atoms with Crippen molar-refractivity contribution in [2.45, 2.75) is 43.2 Å². The van der Waals surface area contributed by atoms with E-state index in [1.807, 2.05) is 18.2 Å². The number of carbonyl (C=O) groups is 2. The number of anilines is 1. The Bertz CT molecular complexity index is 1030. The summed E-state index contributed by atoms with van der Waals surface area (Å²) in [5.41, 5.74) is 1.60. The average Bonchev–Trinajstić information content (AvgIpc) is 2.85. The van der Waals surface area contributed by atoms with Crippen LogP contribution in [0.1, 0.15) is 25.3 Å². The number of likely N-dealkylation sites (N-methyl/N-ethyl adjacent to an activating group) is 1. The zero-order valence-electron chi connectivity index (χ0n) is 18.3. The van der Waals surface area contributed by atoms with Crippen molar-refractivity contribution in [2.24, 2.45) is 0 Å². The maximum absolute atomic E-state index is 13.3. The molecule has 1 unspecified atom stereocenters. The van der Waals surface area contributed by atoms with Gasteiger partial charge in [-0.1, -0.05) is 42.5 Å². The van der Waals surface area contributed by atoms with Gasteiger partial charge in [-0.15, -0.1) is 12.4 Å². The van der Waals surface area contributed by atoms with E-state index in [1.165, 1.54) is 16.5 Å². The molecule has 7 nitrogen and oxygen atoms in total. The third-order valence-corrected chi connectivity index (χ3v) is 7.31. The fourth-order valence-corrected chi connectivity index (χ4v) is 5.26. The number of para-hydroxylation sites is 1. The molecule has 0 fully saturated rings. The second-order valence-corrected chi connectivity index (χ2v) is 9.76. The lowest BCUT2D eigenvalue weighted by Crippen LogP contribution is -2.54. The molecule has 9 heteroatoms. The molecule has 0 saturated carbocycles. The summed E-state index contributed by atoms with van der Waals surface area (Å²) in [5, 5.41) is 5.43. The summed E-state index contributed by atoms with van der Waals surface area (Å²) in [5.74, 6) is -1.26. The summed E-state index contributed by atoms with van der Waals surface area (Å²) in [6.45, 7) is 2.03. The van der Waals surface area contributed by atoms with Gasteiger partial charge in [0.2, 0.25) is 5.91 Å². The van der Waals surface area contributed by atoms with Crippen LogP contribution in [0, 0.1) is 0 Å². The maximum atomic E-state index is 13.3. The molecule has 0 saturated heterocycles. The van der Waals surface area contributed by atoms with Gasteiger partial charge in [-0.2, -0.15) is 0 Å². The average molecular weight is 480 g/mol. The molecule has 1 aliphatic rings. The Kier molecular flexibility index (Phi) is 9.24. The van der Waals surface area contributed by atoms with Gasteiger partial charge in [-0.3, -0.25) is 9.59 Å². The fraction of sp³-hybridized carbons (Fsp3) is 0.391. The summed E-state index contributed by atoms with van der Waals surface area (Å²) in [7, 11) is -2.11. The van der Waals surface area contributed by atoms with Crippen LogP contribution in [0.4, 0.5) is 5.69 Å². The summed E-state index contributed by atoms with van der Waals surface area (Å²) in [6, 6.07) is 15.0. The van der Waals surface area contributed by atoms with Gasteiger partial charge in [0.05, 0.1) is 22.4 Å². The molecule has 2 amide bonds. The minimum atomic E-state index is -3.74. The highest BCUT2D eigenvalue weighted by Crippen LogP contribution is 2.30. The summed E-state index contributed by atoms with van der Waals surface area (Å²) in [4.78, 5) is 27.3. The number of rotatable bonds is 8. The minimum Gasteiger partial charge on any atom is -0.342 e. The SMILES string of the molecule is CN[C@@H](C)C(=O)NC1CS(=O)(=O)c2ccccc2N(CCCCc2ccccc2)C1=O.Cl. The van der Waals surface area contributed by atoms with E-state index in [1.54, 1.807) is 32.2 Å². The van der Waals surface area contributed by atoms with Crippen LogP contribution in [-0.4, -0.2) is 51.7 Å². The lowest BCUT2D eigenvalue weighted by molar-refractivity contribution is -0.128. The smallest absolute Gasteiger partial charge is 0.250 e. The van der Waals surface area contributed by atoms with Gasteiger partial charge in [0, 0.05) is 6.54 Å². The molecule has 0 radical (unpaired) electrons. The lowest BCUT2D eigenvalue weighted by Gasteiger charge is -2.26. The van der Waals surface area contributed by atoms with Gasteiger partial charge in [-0.25, -0.2) is 8.42 Å². The van der Waals surface area contributed by atoms with E-state index in [9.17, 15) is 18.0 Å². The Balaban J connectivity index is 0.00000363. The van der Waals surface area contributed by atoms with Crippen LogP contribution in [0.3, 0.4) is 0 Å². The highest BCUT2D eigenvalue weighted by atomic mass is 35.5. The molecular weight excluding hydrogens is 450 g/mol. The molecule has 1 aliphatic heterocycles. The first-order valence-corrected chi connectivity index (χ1v) is 12.1. The molecule has 0 aromatic heterocycles. The number of amides is 2. The zero-order chi connectivity index (χ0) is 22.4. The fourth-order valence-electron chi connectivity index (χ4n) is 3.64. The minimum absolute atomic E-state index is 0. The number of hydrogen-bond acceptors (Lipinski definition) is 5. The third kappa shape index (κ3) is 6.09. The second-order valence-electron chi connectivity index (χ2n) is 7.75. The number of carbonyl (C=O) groups excluding carboxylic acids is 2. The molecular formula is C23H30ClN3O4S. The van der Waals surface area contributed by atoms with Crippen molar-refractivity contribution in [3.05, 3.63) is 60.2 Å². The van der Waals surface area contributed by atoms with Gasteiger partial charge < -0.3 is 15.5 Å². The molecule has 32 heavy (non-hydrogen) atoms. The van der Waals surface area contributed by atoms with Gasteiger partial charge in [0.1, 0.15) is 6.04 Å². The van der Waals surface area contributed by atoms with E-state index in [0.717, 1.165) is 12.8 Å². The number of fused-ring (bicyclic) bond motifs is 1. The normalized spacial score (nSPS) is 18.1. The quantitative estimate of drug-likeness (QED) is 0.566. The molecule has 2 atom stereocenters. The van der Waals surface area contributed by atoms with Gasteiger partial charge >= 0.3 is 0 Å². The standard InChI is InChI=1S/C23H29N3O4S.ClH/c1-17(24-2)22(27)25-19-16-31(29,30)21-14-7-6-13-20(21)26(23(19)28)15-9-8-12-18-10-4-3-5-11-18;/h3-7,10-11,13-14,17,19,24H,8-9,12,15-16H2,1-2H3,(H,25,27);1H/t17-,19?;/m0./s1. The second kappa shape index (κ2) is 11.4. The number of nitrogens with one attached hydrogen (secondary N) is 2. The van der Waals surface area contributed by atoms with Crippen molar-refractivity contribution >= 4 is 39.7 Å². The number of hydrogen-bond donors (Lipinski definition) is 2. The topological polar surface area (TPSA) is 95.6 Å². The highest BCUT2D eigenvalue weighted by molar-refractivity contribution is 7.91. The van der Waals surface area contributed by atoms with Gasteiger partial charge in [0.25, 0.3) is 5.91 Å². The van der Waals surface area contributed by atoms with Crippen LogP contribution >= 0.6 is 12.4 Å². The van der Waals surface area contributed by atoms with Crippen LogP contribution in [0.5, 0.6) is 0 Å². The Morgan fingerprint density at radius 2 is 1.75 bits per heavy atom. The number of sulfone groups is 1. The van der Waals surface area contributed by atoms with Crippen LogP contribution in [0.15, 0.2) is 59.5 Å². The van der Waals surface area contributed by atoms with Crippen molar-refractivity contribution < 1.29 is 18.0 Å². The molecule has 2 aromatic rings. The van der Waals surface area contributed by atoms with Crippen LogP contribution in [-0.2, 0) is 25.8 Å². The van der Waals surface area contributed by atoms with E-state index >= 15 is 0 Å². The Hall–Kier alpha value is -2.42. The monoisotopic (exact) mass is 479 g/mol. The molecule has 1 heterocycles. The highest BCUT2D eigenvalue weighted by Gasteiger charge is 2.38. The van der Waals surface area contributed by atoms with Crippen molar-refractivity contribution in [3.63, 3.8) is 0 Å². The molecule has 0 bridgehead atoms. The maximum Gasteiger partial charge on any atom is 0.250 e. The van der Waals surface area contributed by atoms with Crippen LogP contribution < -0.4 is 15.5 Å². The summed E-state index contributed by atoms with van der Waals surface area (Å²) >= 11 is 0. The third-order valence-electron chi connectivity index (χ3n) is 5.52. The number of unbranched alkanes of at least 4 members (excludes halogenated alkanes) is 1. The molecule has 0 spiro atoms. The first kappa shape index (κ1) is 25.8. The van der Waals surface area contributed by atoms with E-state index in [4.69, 9.17) is 0 Å². The van der Waals surface area contributed by atoms with E-state index in [0.29, 0.717) is 18.7 Å². The number of halogens is 1. The van der Waals surface area contributed by atoms with Crippen LogP contribution in [0.25, 0.3) is 0 Å². The zero-order valence-corrected chi connectivity index (χ0v) is 19.9. The van der Waals surface area contributed by atoms with Crippen LogP contribution in [0.2, 0.25) is 0 Å². The van der Waals surface area contributed by atoms with Crippen molar-refractivity contribution in [2.75, 3.05) is 24.2 Å². The first-order valence-electron chi connectivity index (χ1n) is 10.5. The predicted molar refractivity (Wildman–Crippen MR) is 128 cm³/mol. The molecule has 2 N–H and O–H groups in total. The van der Waals surface area contributed by atoms with E-state index in [2.05, 4.69) is 22.8 Å². The Labute approximate surface area is 195 Å². The number of benzene rings is 2. The number of aryl methyl sites for hydroxylation is 1. The summed E-state index contributed by atoms with van der Waals surface area (Å²) in [6.07, 6.45) is 2.45.